The number of rotatable bonds is 7. The number of aromatic nitrogens is 2. The van der Waals surface area contributed by atoms with Gasteiger partial charge in [0.15, 0.2) is 0 Å². The molecule has 0 bridgehead atoms. The van der Waals surface area contributed by atoms with Crippen molar-refractivity contribution in [3.63, 3.8) is 0 Å². The lowest BCUT2D eigenvalue weighted by Crippen LogP contribution is -2.22. The van der Waals surface area contributed by atoms with Gasteiger partial charge in [-0.25, -0.2) is 4.98 Å². The largest absolute Gasteiger partial charge is 0.327 e. The maximum atomic E-state index is 4.78. The second-order valence-corrected chi connectivity index (χ2v) is 5.93. The van der Waals surface area contributed by atoms with Gasteiger partial charge in [-0.3, -0.25) is 0 Å². The number of aryl methyl sites for hydroxylation is 1. The first-order valence-corrected chi connectivity index (χ1v) is 8.03. The summed E-state index contributed by atoms with van der Waals surface area (Å²) in [6.07, 6.45) is 6.80. The van der Waals surface area contributed by atoms with Crippen LogP contribution in [0.3, 0.4) is 0 Å². The SMILES string of the molecule is CCCn1c(CNCCC2CCC2)nc2ccccc21. The predicted octanol–water partition coefficient (Wildman–Crippen LogP) is 3.73. The van der Waals surface area contributed by atoms with Crippen LogP contribution >= 0.6 is 0 Å². The monoisotopic (exact) mass is 271 g/mol. The third kappa shape index (κ3) is 2.88. The zero-order valence-electron chi connectivity index (χ0n) is 12.4. The van der Waals surface area contributed by atoms with Crippen molar-refractivity contribution in [3.8, 4) is 0 Å². The van der Waals surface area contributed by atoms with Gasteiger partial charge in [0.1, 0.15) is 5.82 Å². The van der Waals surface area contributed by atoms with Crippen molar-refractivity contribution < 1.29 is 0 Å². The molecule has 0 radical (unpaired) electrons. The summed E-state index contributed by atoms with van der Waals surface area (Å²) in [4.78, 5) is 4.78. The van der Waals surface area contributed by atoms with Gasteiger partial charge >= 0.3 is 0 Å². The van der Waals surface area contributed by atoms with Crippen molar-refractivity contribution in [2.45, 2.75) is 52.1 Å². The van der Waals surface area contributed by atoms with Crippen LogP contribution < -0.4 is 5.32 Å². The number of imidazole rings is 1. The van der Waals surface area contributed by atoms with Crippen LogP contribution in [0.25, 0.3) is 11.0 Å². The van der Waals surface area contributed by atoms with Crippen molar-refractivity contribution in [1.82, 2.24) is 14.9 Å². The molecule has 0 unspecified atom stereocenters. The second kappa shape index (κ2) is 6.40. The highest BCUT2D eigenvalue weighted by atomic mass is 15.1. The Morgan fingerprint density at radius 3 is 2.90 bits per heavy atom. The summed E-state index contributed by atoms with van der Waals surface area (Å²) in [6, 6.07) is 8.46. The lowest BCUT2D eigenvalue weighted by atomic mass is 9.83. The third-order valence-corrected chi connectivity index (χ3v) is 4.42. The number of nitrogens with zero attached hydrogens (tertiary/aromatic N) is 2. The molecule has 3 nitrogen and oxygen atoms in total. The molecule has 1 saturated carbocycles. The molecule has 1 aliphatic carbocycles. The highest BCUT2D eigenvalue weighted by molar-refractivity contribution is 5.75. The molecule has 1 aromatic carbocycles. The molecular weight excluding hydrogens is 246 g/mol. The molecule has 2 aromatic rings. The van der Waals surface area contributed by atoms with Gasteiger partial charge in [-0.05, 0) is 37.4 Å². The molecule has 0 spiro atoms. The predicted molar refractivity (Wildman–Crippen MR) is 83.7 cm³/mol. The minimum Gasteiger partial charge on any atom is -0.327 e. The molecule has 20 heavy (non-hydrogen) atoms. The van der Waals surface area contributed by atoms with E-state index in [-0.39, 0.29) is 0 Å². The fourth-order valence-electron chi connectivity index (χ4n) is 3.02. The van der Waals surface area contributed by atoms with E-state index in [1.165, 1.54) is 37.0 Å². The zero-order chi connectivity index (χ0) is 13.8. The Morgan fingerprint density at radius 2 is 2.15 bits per heavy atom. The van der Waals surface area contributed by atoms with Gasteiger partial charge < -0.3 is 9.88 Å². The quantitative estimate of drug-likeness (QED) is 0.778. The molecule has 0 amide bonds. The van der Waals surface area contributed by atoms with Crippen LogP contribution in [0, 0.1) is 5.92 Å². The lowest BCUT2D eigenvalue weighted by Gasteiger charge is -2.25. The molecule has 1 heterocycles. The van der Waals surface area contributed by atoms with Crippen molar-refractivity contribution in [2.75, 3.05) is 6.54 Å². The first-order chi connectivity index (χ1) is 9.88. The Morgan fingerprint density at radius 1 is 1.30 bits per heavy atom. The van der Waals surface area contributed by atoms with E-state index in [9.17, 15) is 0 Å². The van der Waals surface area contributed by atoms with E-state index in [0.29, 0.717) is 0 Å². The maximum Gasteiger partial charge on any atom is 0.123 e. The highest BCUT2D eigenvalue weighted by Gasteiger charge is 2.16. The molecule has 3 heteroatoms. The molecule has 108 valence electrons. The zero-order valence-corrected chi connectivity index (χ0v) is 12.4. The Balaban J connectivity index is 1.64. The van der Waals surface area contributed by atoms with E-state index in [0.717, 1.165) is 37.5 Å². The summed E-state index contributed by atoms with van der Waals surface area (Å²) in [5.74, 6) is 2.17. The minimum absolute atomic E-state index is 0.890. The standard InChI is InChI=1S/C17H25N3/c1-2-12-20-16-9-4-3-8-15(16)19-17(20)13-18-11-10-14-6-5-7-14/h3-4,8-9,14,18H,2,5-7,10-13H2,1H3. The number of hydrogen-bond donors (Lipinski definition) is 1. The van der Waals surface area contributed by atoms with E-state index < -0.39 is 0 Å². The van der Waals surface area contributed by atoms with Gasteiger partial charge in [0.25, 0.3) is 0 Å². The summed E-state index contributed by atoms with van der Waals surface area (Å²) in [5.41, 5.74) is 2.39. The van der Waals surface area contributed by atoms with Gasteiger partial charge in [-0.15, -0.1) is 0 Å². The minimum atomic E-state index is 0.890. The van der Waals surface area contributed by atoms with E-state index in [2.05, 4.69) is 41.1 Å². The van der Waals surface area contributed by atoms with Crippen LogP contribution in [0.15, 0.2) is 24.3 Å². The number of benzene rings is 1. The normalized spacial score (nSPS) is 15.7. The average Bonchev–Trinajstić information content (AvgIpc) is 2.75. The maximum absolute atomic E-state index is 4.78. The second-order valence-electron chi connectivity index (χ2n) is 5.93. The van der Waals surface area contributed by atoms with Crippen LogP contribution in [0.1, 0.15) is 44.9 Å². The molecule has 1 aliphatic rings. The van der Waals surface area contributed by atoms with Gasteiger partial charge in [0.2, 0.25) is 0 Å². The van der Waals surface area contributed by atoms with Crippen LogP contribution in [-0.2, 0) is 13.1 Å². The van der Waals surface area contributed by atoms with Gasteiger partial charge in [0.05, 0.1) is 17.6 Å². The molecule has 3 rings (SSSR count). The van der Waals surface area contributed by atoms with Crippen molar-refractivity contribution in [3.05, 3.63) is 30.1 Å². The third-order valence-electron chi connectivity index (χ3n) is 4.42. The summed E-state index contributed by atoms with van der Waals surface area (Å²) in [7, 11) is 0. The fourth-order valence-corrected chi connectivity index (χ4v) is 3.02. The van der Waals surface area contributed by atoms with E-state index in [1.807, 2.05) is 0 Å². The Kier molecular flexibility index (Phi) is 4.36. The molecule has 0 aliphatic heterocycles. The fraction of sp³-hybridized carbons (Fsp3) is 0.588. The number of para-hydroxylation sites is 2. The first kappa shape index (κ1) is 13.6. The summed E-state index contributed by atoms with van der Waals surface area (Å²) in [5, 5.41) is 3.58. The molecule has 0 atom stereocenters. The Hall–Kier alpha value is -1.35. The molecule has 0 saturated heterocycles. The topological polar surface area (TPSA) is 29.9 Å². The van der Waals surface area contributed by atoms with E-state index in [4.69, 9.17) is 4.98 Å². The van der Waals surface area contributed by atoms with E-state index >= 15 is 0 Å². The van der Waals surface area contributed by atoms with Gasteiger partial charge in [-0.2, -0.15) is 0 Å². The van der Waals surface area contributed by atoms with Crippen LogP contribution in [0.5, 0.6) is 0 Å². The number of hydrogen-bond acceptors (Lipinski definition) is 2. The summed E-state index contributed by atoms with van der Waals surface area (Å²) in [6.45, 7) is 5.30. The highest BCUT2D eigenvalue weighted by Crippen LogP contribution is 2.28. The lowest BCUT2D eigenvalue weighted by molar-refractivity contribution is 0.291. The summed E-state index contributed by atoms with van der Waals surface area (Å²) < 4.78 is 2.37. The molecule has 1 N–H and O–H groups in total. The molecule has 1 aromatic heterocycles. The van der Waals surface area contributed by atoms with Crippen molar-refractivity contribution >= 4 is 11.0 Å². The summed E-state index contributed by atoms with van der Waals surface area (Å²) >= 11 is 0. The van der Waals surface area contributed by atoms with Crippen molar-refractivity contribution in [1.29, 1.82) is 0 Å². The molecule has 1 fully saturated rings. The van der Waals surface area contributed by atoms with Crippen LogP contribution in [-0.4, -0.2) is 16.1 Å². The van der Waals surface area contributed by atoms with E-state index in [1.54, 1.807) is 0 Å². The number of nitrogens with one attached hydrogen (secondary N) is 1. The first-order valence-electron chi connectivity index (χ1n) is 8.03. The average molecular weight is 271 g/mol. The van der Waals surface area contributed by atoms with Gasteiger partial charge in [0, 0.05) is 6.54 Å². The molecular formula is C17H25N3. The van der Waals surface area contributed by atoms with Crippen LogP contribution in [0.2, 0.25) is 0 Å². The van der Waals surface area contributed by atoms with Crippen molar-refractivity contribution in [2.24, 2.45) is 5.92 Å². The smallest absolute Gasteiger partial charge is 0.123 e. The Labute approximate surface area is 121 Å². The number of fused-ring (bicyclic) bond motifs is 1. The van der Waals surface area contributed by atoms with Gasteiger partial charge in [-0.1, -0.05) is 38.3 Å². The Bertz CT molecular complexity index is 554. The van der Waals surface area contributed by atoms with Crippen LogP contribution in [0.4, 0.5) is 0 Å².